The van der Waals surface area contributed by atoms with Crippen molar-refractivity contribution in [1.82, 2.24) is 15.1 Å². The number of nitrogens with zero attached hydrogens (tertiary/aromatic N) is 2. The van der Waals surface area contributed by atoms with E-state index in [9.17, 15) is 4.79 Å². The van der Waals surface area contributed by atoms with Crippen molar-refractivity contribution in [1.29, 1.82) is 0 Å². The third-order valence-corrected chi connectivity index (χ3v) is 3.18. The fourth-order valence-electron chi connectivity index (χ4n) is 2.17. The largest absolute Gasteiger partial charge is 0.383 e. The predicted molar refractivity (Wildman–Crippen MR) is 68.0 cm³/mol. The van der Waals surface area contributed by atoms with Crippen molar-refractivity contribution in [3.05, 3.63) is 0 Å². The summed E-state index contributed by atoms with van der Waals surface area (Å²) in [5, 5.41) is 2.83. The SMILES string of the molecule is CCNC(=O)CN1CCN(C(C)COC)CC1. The smallest absolute Gasteiger partial charge is 0.234 e. The van der Waals surface area contributed by atoms with Crippen molar-refractivity contribution in [2.45, 2.75) is 19.9 Å². The molecule has 100 valence electrons. The molecule has 1 N–H and O–H groups in total. The van der Waals surface area contributed by atoms with Crippen LogP contribution in [-0.2, 0) is 9.53 Å². The molecule has 0 bridgehead atoms. The molecule has 1 aliphatic heterocycles. The maximum Gasteiger partial charge on any atom is 0.234 e. The Kier molecular flexibility index (Phi) is 6.47. The monoisotopic (exact) mass is 243 g/mol. The summed E-state index contributed by atoms with van der Waals surface area (Å²) < 4.78 is 5.16. The Balaban J connectivity index is 2.23. The van der Waals surface area contributed by atoms with Crippen LogP contribution < -0.4 is 5.32 Å². The third-order valence-electron chi connectivity index (χ3n) is 3.18. The van der Waals surface area contributed by atoms with Gasteiger partial charge in [-0.2, -0.15) is 0 Å². The van der Waals surface area contributed by atoms with Gasteiger partial charge in [0.25, 0.3) is 0 Å². The van der Waals surface area contributed by atoms with Crippen LogP contribution in [0.4, 0.5) is 0 Å². The topological polar surface area (TPSA) is 44.8 Å². The number of amides is 1. The number of methoxy groups -OCH3 is 1. The van der Waals surface area contributed by atoms with Crippen LogP contribution in [0.5, 0.6) is 0 Å². The molecular formula is C12H25N3O2. The second kappa shape index (κ2) is 7.63. The first kappa shape index (κ1) is 14.4. The molecule has 1 heterocycles. The summed E-state index contributed by atoms with van der Waals surface area (Å²) in [5.41, 5.74) is 0. The van der Waals surface area contributed by atoms with Crippen molar-refractivity contribution >= 4 is 5.91 Å². The highest BCUT2D eigenvalue weighted by Gasteiger charge is 2.21. The van der Waals surface area contributed by atoms with E-state index in [2.05, 4.69) is 22.0 Å². The van der Waals surface area contributed by atoms with Gasteiger partial charge >= 0.3 is 0 Å². The highest BCUT2D eigenvalue weighted by Crippen LogP contribution is 2.06. The van der Waals surface area contributed by atoms with Crippen LogP contribution in [0.25, 0.3) is 0 Å². The molecule has 5 nitrogen and oxygen atoms in total. The highest BCUT2D eigenvalue weighted by molar-refractivity contribution is 5.77. The normalized spacial score (nSPS) is 20.2. The third kappa shape index (κ3) is 5.02. The van der Waals surface area contributed by atoms with Gasteiger partial charge in [-0.1, -0.05) is 0 Å². The molecule has 1 aliphatic rings. The van der Waals surface area contributed by atoms with E-state index in [0.29, 0.717) is 19.1 Å². The number of piperazine rings is 1. The molecular weight excluding hydrogens is 218 g/mol. The zero-order valence-electron chi connectivity index (χ0n) is 11.2. The van der Waals surface area contributed by atoms with Crippen molar-refractivity contribution in [3.8, 4) is 0 Å². The van der Waals surface area contributed by atoms with Gasteiger partial charge < -0.3 is 10.1 Å². The number of likely N-dealkylation sites (N-methyl/N-ethyl adjacent to an activating group) is 1. The van der Waals surface area contributed by atoms with Crippen molar-refractivity contribution < 1.29 is 9.53 Å². The van der Waals surface area contributed by atoms with E-state index in [1.807, 2.05) is 6.92 Å². The Bertz CT molecular complexity index is 228. The predicted octanol–water partition coefficient (Wildman–Crippen LogP) is -0.225. The standard InChI is InChI=1S/C12H25N3O2/c1-4-13-12(16)9-14-5-7-15(8-6-14)11(2)10-17-3/h11H,4-10H2,1-3H3,(H,13,16). The Hall–Kier alpha value is -0.650. The summed E-state index contributed by atoms with van der Waals surface area (Å²) in [4.78, 5) is 16.1. The van der Waals surface area contributed by atoms with Gasteiger partial charge in [-0.05, 0) is 13.8 Å². The molecule has 1 unspecified atom stereocenters. The van der Waals surface area contributed by atoms with Gasteiger partial charge in [-0.15, -0.1) is 0 Å². The molecule has 0 aromatic carbocycles. The molecule has 1 fully saturated rings. The van der Waals surface area contributed by atoms with Crippen LogP contribution in [0.1, 0.15) is 13.8 Å². The van der Waals surface area contributed by atoms with Crippen LogP contribution in [-0.4, -0.2) is 74.7 Å². The quantitative estimate of drug-likeness (QED) is 0.700. The van der Waals surface area contributed by atoms with E-state index < -0.39 is 0 Å². The number of hydrogen-bond acceptors (Lipinski definition) is 4. The average Bonchev–Trinajstić information content (AvgIpc) is 2.30. The first-order valence-electron chi connectivity index (χ1n) is 6.39. The number of rotatable bonds is 6. The molecule has 0 aliphatic carbocycles. The highest BCUT2D eigenvalue weighted by atomic mass is 16.5. The van der Waals surface area contributed by atoms with Gasteiger partial charge in [0.2, 0.25) is 5.91 Å². The Morgan fingerprint density at radius 1 is 1.35 bits per heavy atom. The van der Waals surface area contributed by atoms with Crippen LogP contribution in [0, 0.1) is 0 Å². The van der Waals surface area contributed by atoms with Gasteiger partial charge in [0.05, 0.1) is 13.2 Å². The van der Waals surface area contributed by atoms with Gasteiger partial charge in [0.15, 0.2) is 0 Å². The molecule has 0 aromatic rings. The summed E-state index contributed by atoms with van der Waals surface area (Å²) >= 11 is 0. The number of ether oxygens (including phenoxy) is 1. The second-order valence-electron chi connectivity index (χ2n) is 4.57. The zero-order chi connectivity index (χ0) is 12.7. The number of carbonyl (C=O) groups is 1. The lowest BCUT2D eigenvalue weighted by molar-refractivity contribution is -0.122. The number of nitrogens with one attached hydrogen (secondary N) is 1. The van der Waals surface area contributed by atoms with E-state index in [1.165, 1.54) is 0 Å². The van der Waals surface area contributed by atoms with E-state index in [4.69, 9.17) is 4.74 Å². The molecule has 1 saturated heterocycles. The van der Waals surface area contributed by atoms with Crippen LogP contribution >= 0.6 is 0 Å². The summed E-state index contributed by atoms with van der Waals surface area (Å²) in [7, 11) is 1.74. The Labute approximate surface area is 104 Å². The van der Waals surface area contributed by atoms with Crippen LogP contribution in [0.2, 0.25) is 0 Å². The molecule has 0 spiro atoms. The molecule has 1 amide bonds. The Morgan fingerprint density at radius 2 is 2.00 bits per heavy atom. The minimum absolute atomic E-state index is 0.130. The van der Waals surface area contributed by atoms with Gasteiger partial charge in [-0.3, -0.25) is 14.6 Å². The van der Waals surface area contributed by atoms with Crippen LogP contribution in [0.3, 0.4) is 0 Å². The minimum atomic E-state index is 0.130. The lowest BCUT2D eigenvalue weighted by Gasteiger charge is -2.37. The van der Waals surface area contributed by atoms with Gasteiger partial charge in [-0.25, -0.2) is 0 Å². The number of carbonyl (C=O) groups excluding carboxylic acids is 1. The van der Waals surface area contributed by atoms with Crippen LogP contribution in [0.15, 0.2) is 0 Å². The molecule has 1 rings (SSSR count). The molecule has 5 heteroatoms. The number of hydrogen-bond donors (Lipinski definition) is 1. The molecule has 0 saturated carbocycles. The maximum absolute atomic E-state index is 11.4. The molecule has 1 atom stereocenters. The molecule has 0 radical (unpaired) electrons. The summed E-state index contributed by atoms with van der Waals surface area (Å²) in [5.74, 6) is 0.130. The van der Waals surface area contributed by atoms with E-state index in [1.54, 1.807) is 7.11 Å². The fraction of sp³-hybridized carbons (Fsp3) is 0.917. The van der Waals surface area contributed by atoms with E-state index in [0.717, 1.165) is 32.8 Å². The minimum Gasteiger partial charge on any atom is -0.383 e. The first-order valence-corrected chi connectivity index (χ1v) is 6.39. The maximum atomic E-state index is 11.4. The second-order valence-corrected chi connectivity index (χ2v) is 4.57. The summed E-state index contributed by atoms with van der Waals surface area (Å²) in [6.07, 6.45) is 0. The van der Waals surface area contributed by atoms with E-state index >= 15 is 0 Å². The lowest BCUT2D eigenvalue weighted by atomic mass is 10.2. The van der Waals surface area contributed by atoms with Gasteiger partial charge in [0, 0.05) is 45.9 Å². The van der Waals surface area contributed by atoms with Crippen molar-refractivity contribution in [3.63, 3.8) is 0 Å². The first-order chi connectivity index (χ1) is 8.17. The molecule has 17 heavy (non-hydrogen) atoms. The van der Waals surface area contributed by atoms with Gasteiger partial charge in [0.1, 0.15) is 0 Å². The summed E-state index contributed by atoms with van der Waals surface area (Å²) in [6, 6.07) is 0.464. The molecule has 0 aromatic heterocycles. The zero-order valence-corrected chi connectivity index (χ0v) is 11.2. The fourth-order valence-corrected chi connectivity index (χ4v) is 2.17. The Morgan fingerprint density at radius 3 is 2.53 bits per heavy atom. The average molecular weight is 243 g/mol. The van der Waals surface area contributed by atoms with Crippen molar-refractivity contribution in [2.75, 3.05) is 53.0 Å². The van der Waals surface area contributed by atoms with E-state index in [-0.39, 0.29) is 5.91 Å². The van der Waals surface area contributed by atoms with Crippen molar-refractivity contribution in [2.24, 2.45) is 0 Å². The lowest BCUT2D eigenvalue weighted by Crippen LogP contribution is -2.52. The summed E-state index contributed by atoms with van der Waals surface area (Å²) in [6.45, 7) is 10.1.